The van der Waals surface area contributed by atoms with E-state index < -0.39 is 13.3 Å². The number of halogens is 1. The van der Waals surface area contributed by atoms with Gasteiger partial charge in [-0.15, -0.1) is 0 Å². The van der Waals surface area contributed by atoms with Crippen molar-refractivity contribution >= 4 is 50.6 Å². The van der Waals surface area contributed by atoms with Crippen molar-refractivity contribution in [3.05, 3.63) is 86.5 Å². The molecule has 0 saturated carbocycles. The molecule has 3 aromatic carbocycles. The third-order valence-electron chi connectivity index (χ3n) is 10.3. The van der Waals surface area contributed by atoms with Gasteiger partial charge in [-0.25, -0.2) is 0 Å². The van der Waals surface area contributed by atoms with Crippen molar-refractivity contribution in [1.29, 1.82) is 0 Å². The van der Waals surface area contributed by atoms with E-state index in [4.69, 9.17) is 0 Å². The van der Waals surface area contributed by atoms with Gasteiger partial charge in [-0.2, -0.15) is 0 Å². The van der Waals surface area contributed by atoms with E-state index in [1.165, 1.54) is 16.7 Å². The fourth-order valence-electron chi connectivity index (χ4n) is 7.17. The number of benzene rings is 3. The normalized spacial score (nSPS) is 12.5. The molecule has 0 unspecified atom stereocenters. The Morgan fingerprint density at radius 3 is 0.667 bits per heavy atom. The predicted octanol–water partition coefficient (Wildman–Crippen LogP) is 12.8. The van der Waals surface area contributed by atoms with Crippen molar-refractivity contribution in [2.24, 2.45) is 0 Å². The molecule has 0 aromatic heterocycles. The molecule has 0 spiro atoms. The first-order chi connectivity index (χ1) is 22.2. The lowest BCUT2D eigenvalue weighted by Gasteiger charge is -2.31. The zero-order valence-electron chi connectivity index (χ0n) is 34.0. The lowest BCUT2D eigenvalue weighted by atomic mass is 9.89. The third kappa shape index (κ3) is 8.81. The predicted molar refractivity (Wildman–Crippen MR) is 231 cm³/mol. The van der Waals surface area contributed by atoms with Gasteiger partial charge in [-0.3, -0.25) is 0 Å². The van der Waals surface area contributed by atoms with Gasteiger partial charge in [-0.1, -0.05) is 183 Å². The Hall–Kier alpha value is -1.18. The van der Waals surface area contributed by atoms with E-state index in [1.54, 1.807) is 48.9 Å². The summed E-state index contributed by atoms with van der Waals surface area (Å²) in [6.45, 7) is 43.7. The minimum absolute atomic E-state index is 0.472. The van der Waals surface area contributed by atoms with Crippen molar-refractivity contribution < 1.29 is 0 Å². The van der Waals surface area contributed by atoms with Crippen LogP contribution < -0.4 is 15.6 Å². The monoisotopic (exact) mass is 792 g/mol. The van der Waals surface area contributed by atoms with Crippen LogP contribution in [0.2, 0.25) is 0 Å². The minimum Gasteiger partial charge on any atom is -0.0899 e. The second-order valence-electron chi connectivity index (χ2n) is 17.3. The molecule has 0 fully saturated rings. The molecule has 0 bridgehead atoms. The summed E-state index contributed by atoms with van der Waals surface area (Å²) in [6.07, 6.45) is 0. The second kappa shape index (κ2) is 16.9. The Morgan fingerprint density at radius 2 is 0.500 bits per heavy atom. The highest BCUT2D eigenvalue weighted by Gasteiger charge is 2.31. The highest BCUT2D eigenvalue weighted by atomic mass is 127. The molecule has 3 aromatic rings. The number of hydrogen-bond donors (Lipinski definition) is 0. The molecule has 0 N–H and O–H groups in total. The van der Waals surface area contributed by atoms with Crippen LogP contribution in [-0.4, -0.2) is 13.3 Å². The topological polar surface area (TPSA) is 0 Å². The first kappa shape index (κ1) is 41.2. The van der Waals surface area contributed by atoms with Crippen LogP contribution in [0.1, 0.15) is 228 Å². The van der Waals surface area contributed by atoms with Crippen LogP contribution in [0.25, 0.3) is 0 Å². The summed E-state index contributed by atoms with van der Waals surface area (Å²) in [5.41, 5.74) is 14.2. The maximum absolute atomic E-state index is 3.08. The first-order valence-corrected chi connectivity index (χ1v) is 26.3. The molecule has 0 amide bonds. The number of rotatable bonds is 12. The Morgan fingerprint density at radius 1 is 0.312 bits per heavy atom. The van der Waals surface area contributed by atoms with Gasteiger partial charge < -0.3 is 0 Å². The summed E-state index contributed by atoms with van der Waals surface area (Å²) in [4.78, 5) is 0. The minimum atomic E-state index is -1.27. The Balaban J connectivity index is 2.89. The molecule has 0 radical (unpaired) electrons. The van der Waals surface area contributed by atoms with Crippen molar-refractivity contribution in [1.82, 2.24) is 0 Å². The van der Waals surface area contributed by atoms with E-state index in [2.05, 4.69) is 183 Å². The average molecular weight is 793 g/mol. The van der Waals surface area contributed by atoms with Crippen LogP contribution in [0.5, 0.6) is 0 Å². The molecule has 0 atom stereocenters. The van der Waals surface area contributed by atoms with Crippen LogP contribution in [0.15, 0.2) is 36.4 Å². The number of hydrogen-bond acceptors (Lipinski definition) is 0. The van der Waals surface area contributed by atoms with E-state index >= 15 is 0 Å². The maximum atomic E-state index is 3.08. The maximum Gasteiger partial charge on any atom is 0.110 e. The second-order valence-corrected chi connectivity index (χ2v) is 29.5. The lowest BCUT2D eigenvalue weighted by Crippen LogP contribution is -2.51. The molecular weight excluding hydrogens is 724 g/mol. The Labute approximate surface area is 313 Å². The lowest BCUT2D eigenvalue weighted by molar-refractivity contribution is 0.810. The Bertz CT molecular complexity index is 1450. The molecule has 0 saturated heterocycles. The van der Waals surface area contributed by atoms with Crippen molar-refractivity contribution in [3.63, 3.8) is 0 Å². The fourth-order valence-corrected chi connectivity index (χ4v) is 23.3. The van der Waals surface area contributed by atoms with Gasteiger partial charge >= 0.3 is 0 Å². The molecular formula is C45H69ISi2. The summed E-state index contributed by atoms with van der Waals surface area (Å²) in [5, 5.41) is 4.11. The highest BCUT2D eigenvalue weighted by Crippen LogP contribution is 2.31. The third-order valence-corrected chi connectivity index (χ3v) is 24.0. The first-order valence-electron chi connectivity index (χ1n) is 19.1. The summed E-state index contributed by atoms with van der Waals surface area (Å²) in [7, 11) is -1.27. The molecule has 0 aliphatic rings. The molecule has 0 aliphatic carbocycles. The SMILES string of the molecule is CC(C)c1cc(C(C)C)c([Si](I)=[Si](c2c(C(C)C)cc(C(C)C)cc2C(C)C)c2c(C(C)C)cc(C(C)C)cc2C(C)C)c(C(C)C)c1. The quantitative estimate of drug-likeness (QED) is 0.0973. The Kier molecular flexibility index (Phi) is 14.5. The van der Waals surface area contributed by atoms with E-state index in [0.29, 0.717) is 53.3 Å². The summed E-state index contributed by atoms with van der Waals surface area (Å²) in [5.74, 6) is 4.42. The van der Waals surface area contributed by atoms with Crippen molar-refractivity contribution in [3.8, 4) is 0 Å². The van der Waals surface area contributed by atoms with Crippen LogP contribution in [-0.2, 0) is 0 Å². The van der Waals surface area contributed by atoms with Crippen LogP contribution >= 0.6 is 21.8 Å². The van der Waals surface area contributed by atoms with E-state index in [9.17, 15) is 0 Å². The summed E-state index contributed by atoms with van der Waals surface area (Å²) in [6, 6.07) is 15.8. The van der Waals surface area contributed by atoms with E-state index in [-0.39, 0.29) is 0 Å². The van der Waals surface area contributed by atoms with Gasteiger partial charge in [0, 0.05) is 0 Å². The fraction of sp³-hybridized carbons (Fsp3) is 0.600. The van der Waals surface area contributed by atoms with E-state index in [1.807, 2.05) is 0 Å². The molecule has 0 heterocycles. The van der Waals surface area contributed by atoms with Gasteiger partial charge in [0.25, 0.3) is 0 Å². The van der Waals surface area contributed by atoms with Gasteiger partial charge in [0.15, 0.2) is 0 Å². The molecule has 264 valence electrons. The van der Waals surface area contributed by atoms with Crippen molar-refractivity contribution in [2.45, 2.75) is 178 Å². The largest absolute Gasteiger partial charge is 0.110 e. The molecule has 3 rings (SSSR count). The van der Waals surface area contributed by atoms with Crippen LogP contribution in [0.4, 0.5) is 0 Å². The van der Waals surface area contributed by atoms with Gasteiger partial charge in [0.2, 0.25) is 0 Å². The van der Waals surface area contributed by atoms with Gasteiger partial charge in [0.05, 0.1) is 7.89 Å². The molecule has 3 heteroatoms. The van der Waals surface area contributed by atoms with Crippen molar-refractivity contribution in [2.75, 3.05) is 0 Å². The zero-order valence-corrected chi connectivity index (χ0v) is 38.2. The average Bonchev–Trinajstić information content (AvgIpc) is 2.99. The zero-order chi connectivity index (χ0) is 36.5. The smallest absolute Gasteiger partial charge is 0.0899 e. The van der Waals surface area contributed by atoms with Crippen LogP contribution in [0.3, 0.4) is 0 Å². The standard InChI is InChI=1S/C45H69ISi2/c1-25(2)34-19-37(28(7)8)43(38(20-34)29(9)10)47(44-39(30(11)12)21-35(26(3)4)22-40(44)31(13)14)48(46)45-41(32(15)16)23-36(27(5)6)24-42(45)33(17)18/h19-33H,1-18H3. The summed E-state index contributed by atoms with van der Waals surface area (Å²) >= 11 is 3.08. The highest BCUT2D eigenvalue weighted by molar-refractivity contribution is 14.1. The summed E-state index contributed by atoms with van der Waals surface area (Å²) < 4.78 is 0. The van der Waals surface area contributed by atoms with Gasteiger partial charge in [0.1, 0.15) is 5.39 Å². The van der Waals surface area contributed by atoms with Gasteiger partial charge in [-0.05, 0) is 119 Å². The van der Waals surface area contributed by atoms with Crippen LogP contribution in [0, 0.1) is 0 Å². The molecule has 48 heavy (non-hydrogen) atoms. The molecule has 0 aliphatic heterocycles. The van der Waals surface area contributed by atoms with E-state index in [0.717, 1.165) is 0 Å². The molecule has 0 nitrogen and oxygen atoms in total.